The number of benzene rings is 2. The number of fused-ring (bicyclic) bond motifs is 1. The van der Waals surface area contributed by atoms with Crippen LogP contribution in [0.2, 0.25) is 0 Å². The minimum atomic E-state index is -0.0580. The van der Waals surface area contributed by atoms with Crippen LogP contribution in [0.5, 0.6) is 11.5 Å². The standard InChI is InChI=1S/C23H25NO4/c1-15-20(25)18-11-12-19(26-2)23(27-3)22(18)28-21(15)16-7-9-17(10-8-16)24-13-5-4-6-14-24/h7-12H,4-6,13-14H2,1-3H3. The van der Waals surface area contributed by atoms with E-state index >= 15 is 0 Å². The van der Waals surface area contributed by atoms with Crippen molar-refractivity contribution in [3.63, 3.8) is 0 Å². The van der Waals surface area contributed by atoms with Crippen molar-refractivity contribution < 1.29 is 13.9 Å². The molecule has 5 heteroatoms. The highest BCUT2D eigenvalue weighted by Gasteiger charge is 2.19. The Kier molecular flexibility index (Phi) is 4.99. The molecule has 2 aromatic carbocycles. The van der Waals surface area contributed by atoms with Gasteiger partial charge in [-0.2, -0.15) is 0 Å². The molecule has 0 unspecified atom stereocenters. The highest BCUT2D eigenvalue weighted by Crippen LogP contribution is 2.37. The molecule has 0 aliphatic carbocycles. The molecule has 1 fully saturated rings. The number of piperidine rings is 1. The number of ether oxygens (including phenoxy) is 2. The molecule has 1 aliphatic heterocycles. The van der Waals surface area contributed by atoms with Crippen molar-refractivity contribution in [2.75, 3.05) is 32.2 Å². The van der Waals surface area contributed by atoms with Gasteiger partial charge in [0.15, 0.2) is 16.8 Å². The Hall–Kier alpha value is -2.95. The summed E-state index contributed by atoms with van der Waals surface area (Å²) in [5.41, 5.74) is 3.03. The van der Waals surface area contributed by atoms with Gasteiger partial charge in [-0.05, 0) is 62.6 Å². The number of rotatable bonds is 4. The average Bonchev–Trinajstić information content (AvgIpc) is 2.76. The summed E-state index contributed by atoms with van der Waals surface area (Å²) in [5, 5.41) is 0.490. The van der Waals surface area contributed by atoms with Crippen LogP contribution in [0.25, 0.3) is 22.3 Å². The van der Waals surface area contributed by atoms with E-state index in [0.29, 0.717) is 33.8 Å². The molecule has 146 valence electrons. The summed E-state index contributed by atoms with van der Waals surface area (Å²) < 4.78 is 17.0. The third-order valence-electron chi connectivity index (χ3n) is 5.48. The summed E-state index contributed by atoms with van der Waals surface area (Å²) in [6.45, 7) is 4.00. The Bertz CT molecular complexity index is 1050. The zero-order chi connectivity index (χ0) is 19.7. The van der Waals surface area contributed by atoms with Crippen LogP contribution < -0.4 is 19.8 Å². The molecule has 1 aliphatic rings. The van der Waals surface area contributed by atoms with E-state index in [-0.39, 0.29) is 5.43 Å². The maximum absolute atomic E-state index is 12.9. The number of hydrogen-bond acceptors (Lipinski definition) is 5. The lowest BCUT2D eigenvalue weighted by Crippen LogP contribution is -2.29. The van der Waals surface area contributed by atoms with E-state index in [1.807, 2.05) is 12.1 Å². The first-order valence-corrected chi connectivity index (χ1v) is 9.68. The molecule has 0 saturated carbocycles. The van der Waals surface area contributed by atoms with Crippen molar-refractivity contribution in [3.8, 4) is 22.8 Å². The highest BCUT2D eigenvalue weighted by atomic mass is 16.5. The molecule has 0 N–H and O–H groups in total. The second kappa shape index (κ2) is 7.58. The first-order chi connectivity index (χ1) is 13.6. The largest absolute Gasteiger partial charge is 0.493 e. The predicted molar refractivity (Wildman–Crippen MR) is 112 cm³/mol. The van der Waals surface area contributed by atoms with E-state index in [1.54, 1.807) is 33.3 Å². The van der Waals surface area contributed by atoms with Gasteiger partial charge in [-0.1, -0.05) is 0 Å². The maximum Gasteiger partial charge on any atom is 0.204 e. The number of nitrogens with zero attached hydrogens (tertiary/aromatic N) is 1. The second-order valence-electron chi connectivity index (χ2n) is 7.16. The van der Waals surface area contributed by atoms with E-state index in [9.17, 15) is 4.79 Å². The lowest BCUT2D eigenvalue weighted by molar-refractivity contribution is 0.353. The molecule has 0 amide bonds. The predicted octanol–water partition coefficient (Wildman–Crippen LogP) is 4.78. The molecule has 0 spiro atoms. The highest BCUT2D eigenvalue weighted by molar-refractivity contribution is 5.87. The third kappa shape index (κ3) is 3.11. The normalized spacial score (nSPS) is 14.3. The fourth-order valence-corrected chi connectivity index (χ4v) is 3.91. The second-order valence-corrected chi connectivity index (χ2v) is 7.16. The zero-order valence-corrected chi connectivity index (χ0v) is 16.6. The molecule has 28 heavy (non-hydrogen) atoms. The van der Waals surface area contributed by atoms with E-state index in [4.69, 9.17) is 13.9 Å². The Morgan fingerprint density at radius 2 is 1.64 bits per heavy atom. The van der Waals surface area contributed by atoms with Crippen LogP contribution >= 0.6 is 0 Å². The monoisotopic (exact) mass is 379 g/mol. The first-order valence-electron chi connectivity index (χ1n) is 9.68. The van der Waals surface area contributed by atoms with Crippen molar-refractivity contribution in [1.29, 1.82) is 0 Å². The van der Waals surface area contributed by atoms with Gasteiger partial charge >= 0.3 is 0 Å². The molecular weight excluding hydrogens is 354 g/mol. The first kappa shape index (κ1) is 18.4. The summed E-state index contributed by atoms with van der Waals surface area (Å²) in [4.78, 5) is 15.3. The summed E-state index contributed by atoms with van der Waals surface area (Å²) in [5.74, 6) is 1.53. The van der Waals surface area contributed by atoms with Gasteiger partial charge < -0.3 is 18.8 Å². The smallest absolute Gasteiger partial charge is 0.204 e. The van der Waals surface area contributed by atoms with Crippen LogP contribution in [0.4, 0.5) is 5.69 Å². The SMILES string of the molecule is COc1ccc2c(=O)c(C)c(-c3ccc(N4CCCCC4)cc3)oc2c1OC. The van der Waals surface area contributed by atoms with Crippen LogP contribution in [-0.4, -0.2) is 27.3 Å². The lowest BCUT2D eigenvalue weighted by Gasteiger charge is -2.28. The van der Waals surface area contributed by atoms with Gasteiger partial charge in [0, 0.05) is 29.9 Å². The van der Waals surface area contributed by atoms with Gasteiger partial charge in [-0.15, -0.1) is 0 Å². The topological polar surface area (TPSA) is 51.9 Å². The van der Waals surface area contributed by atoms with Gasteiger partial charge in [-0.25, -0.2) is 0 Å². The minimum Gasteiger partial charge on any atom is -0.493 e. The van der Waals surface area contributed by atoms with Crippen molar-refractivity contribution in [1.82, 2.24) is 0 Å². The van der Waals surface area contributed by atoms with Gasteiger partial charge in [-0.3, -0.25) is 4.79 Å². The van der Waals surface area contributed by atoms with Gasteiger partial charge in [0.1, 0.15) is 5.76 Å². The third-order valence-corrected chi connectivity index (χ3v) is 5.48. The van der Waals surface area contributed by atoms with E-state index < -0.39 is 0 Å². The number of anilines is 1. The Morgan fingerprint density at radius 1 is 0.929 bits per heavy atom. The molecule has 0 radical (unpaired) electrons. The molecule has 3 aromatic rings. The molecule has 0 atom stereocenters. The minimum absolute atomic E-state index is 0.0580. The molecule has 2 heterocycles. The summed E-state index contributed by atoms with van der Waals surface area (Å²) >= 11 is 0. The molecule has 0 bridgehead atoms. The van der Waals surface area contributed by atoms with Crippen LogP contribution in [0.1, 0.15) is 24.8 Å². The summed E-state index contributed by atoms with van der Waals surface area (Å²) in [7, 11) is 3.11. The molecule has 1 aromatic heterocycles. The molecule has 4 rings (SSSR count). The number of hydrogen-bond donors (Lipinski definition) is 0. The number of methoxy groups -OCH3 is 2. The van der Waals surface area contributed by atoms with Crippen LogP contribution in [0.15, 0.2) is 45.6 Å². The Labute approximate surface area is 164 Å². The average molecular weight is 379 g/mol. The van der Waals surface area contributed by atoms with Crippen molar-refractivity contribution in [3.05, 3.63) is 52.2 Å². The Morgan fingerprint density at radius 3 is 2.29 bits per heavy atom. The fourth-order valence-electron chi connectivity index (χ4n) is 3.91. The van der Waals surface area contributed by atoms with Gasteiger partial charge in [0.25, 0.3) is 0 Å². The molecule has 1 saturated heterocycles. The quantitative estimate of drug-likeness (QED) is 0.653. The van der Waals surface area contributed by atoms with E-state index in [2.05, 4.69) is 17.0 Å². The van der Waals surface area contributed by atoms with Crippen LogP contribution in [-0.2, 0) is 0 Å². The fraction of sp³-hybridized carbons (Fsp3) is 0.348. The summed E-state index contributed by atoms with van der Waals surface area (Å²) in [6, 6.07) is 11.7. The van der Waals surface area contributed by atoms with E-state index in [1.165, 1.54) is 24.9 Å². The maximum atomic E-state index is 12.9. The van der Waals surface area contributed by atoms with Crippen LogP contribution in [0.3, 0.4) is 0 Å². The lowest BCUT2D eigenvalue weighted by atomic mass is 10.0. The van der Waals surface area contributed by atoms with Gasteiger partial charge in [0.2, 0.25) is 5.75 Å². The van der Waals surface area contributed by atoms with Crippen molar-refractivity contribution in [2.45, 2.75) is 26.2 Å². The zero-order valence-electron chi connectivity index (χ0n) is 16.6. The Balaban J connectivity index is 1.81. The van der Waals surface area contributed by atoms with Crippen molar-refractivity contribution >= 4 is 16.7 Å². The van der Waals surface area contributed by atoms with E-state index in [0.717, 1.165) is 18.7 Å². The van der Waals surface area contributed by atoms with Gasteiger partial charge in [0.05, 0.1) is 19.6 Å². The molecule has 5 nitrogen and oxygen atoms in total. The summed E-state index contributed by atoms with van der Waals surface area (Å²) in [6.07, 6.45) is 3.78. The van der Waals surface area contributed by atoms with Crippen molar-refractivity contribution in [2.24, 2.45) is 0 Å². The van der Waals surface area contributed by atoms with Crippen LogP contribution in [0, 0.1) is 6.92 Å². The molecular formula is C23H25NO4.